The molecule has 0 bridgehead atoms. The second kappa shape index (κ2) is 12.5. The van der Waals surface area contributed by atoms with Crippen molar-refractivity contribution in [3.63, 3.8) is 0 Å². The molecule has 0 N–H and O–H groups in total. The summed E-state index contributed by atoms with van der Waals surface area (Å²) in [7, 11) is 0. The van der Waals surface area contributed by atoms with Crippen LogP contribution in [0.25, 0.3) is 22.9 Å². The van der Waals surface area contributed by atoms with Gasteiger partial charge in [0.1, 0.15) is 0 Å². The Morgan fingerprint density at radius 3 is 2.27 bits per heavy atom. The number of carbonyl (C=O) groups is 1. The summed E-state index contributed by atoms with van der Waals surface area (Å²) in [6.07, 6.45) is 3.66. The van der Waals surface area contributed by atoms with E-state index in [9.17, 15) is 9.59 Å². The van der Waals surface area contributed by atoms with E-state index in [0.29, 0.717) is 20.6 Å². The van der Waals surface area contributed by atoms with Gasteiger partial charge >= 0.3 is 5.97 Å². The van der Waals surface area contributed by atoms with Gasteiger partial charge < -0.3 is 9.30 Å². The zero-order valence-corrected chi connectivity index (χ0v) is 27.8. The summed E-state index contributed by atoms with van der Waals surface area (Å²) >= 11 is 2.98. The molecule has 0 radical (unpaired) electrons. The van der Waals surface area contributed by atoms with Crippen LogP contribution in [0.2, 0.25) is 0 Å². The van der Waals surface area contributed by atoms with E-state index < -0.39 is 12.0 Å². The Balaban J connectivity index is 1.44. The first-order chi connectivity index (χ1) is 21.7. The van der Waals surface area contributed by atoms with Crippen molar-refractivity contribution in [3.8, 4) is 16.8 Å². The number of esters is 1. The lowest BCUT2D eigenvalue weighted by molar-refractivity contribution is -0.143. The van der Waals surface area contributed by atoms with Crippen LogP contribution < -0.4 is 14.9 Å². The molecule has 8 heteroatoms. The molecule has 0 saturated heterocycles. The Kier molecular flexibility index (Phi) is 8.53. The van der Waals surface area contributed by atoms with Crippen molar-refractivity contribution in [1.29, 1.82) is 0 Å². The molecule has 3 heterocycles. The molecule has 0 unspecified atom stereocenters. The van der Waals surface area contributed by atoms with Gasteiger partial charge in [-0.3, -0.25) is 9.36 Å². The van der Waals surface area contributed by atoms with E-state index >= 15 is 0 Å². The molecule has 5 aromatic rings. The number of aromatic nitrogens is 2. The number of fused-ring (bicyclic) bond motifs is 1. The lowest BCUT2D eigenvalue weighted by Crippen LogP contribution is -2.40. The van der Waals surface area contributed by atoms with Crippen LogP contribution in [0.5, 0.6) is 0 Å². The number of nitrogens with zero attached hydrogens (tertiary/aromatic N) is 3. The van der Waals surface area contributed by atoms with Crippen molar-refractivity contribution in [2.24, 2.45) is 4.99 Å². The Bertz CT molecular complexity index is 2100. The summed E-state index contributed by atoms with van der Waals surface area (Å²) in [5, 5.41) is 0. The summed E-state index contributed by atoms with van der Waals surface area (Å²) in [6, 6.07) is 28.3. The molecule has 0 fully saturated rings. The minimum atomic E-state index is -0.638. The number of ether oxygens (including phenoxy) is 1. The molecule has 2 aromatic heterocycles. The molecule has 45 heavy (non-hydrogen) atoms. The zero-order valence-electron chi connectivity index (χ0n) is 26.2. The third-order valence-corrected chi connectivity index (χ3v) is 9.73. The van der Waals surface area contributed by atoms with Crippen LogP contribution in [0.1, 0.15) is 49.3 Å². The van der Waals surface area contributed by atoms with Gasteiger partial charge in [0.05, 0.1) is 27.9 Å². The number of allylic oxidation sites excluding steroid dienone is 1. The molecule has 0 aliphatic carbocycles. The van der Waals surface area contributed by atoms with Crippen molar-refractivity contribution in [3.05, 3.63) is 138 Å². The molecular weight excluding hydrogens is 599 g/mol. The van der Waals surface area contributed by atoms with Crippen molar-refractivity contribution in [1.82, 2.24) is 9.13 Å². The molecule has 0 spiro atoms. The fraction of sp³-hybridized carbons (Fsp3) is 0.216. The quantitative estimate of drug-likeness (QED) is 0.143. The van der Waals surface area contributed by atoms with Gasteiger partial charge in [0, 0.05) is 22.0 Å². The maximum atomic E-state index is 14.2. The van der Waals surface area contributed by atoms with E-state index in [1.165, 1.54) is 16.9 Å². The Morgan fingerprint density at radius 1 is 0.956 bits per heavy atom. The first kappa shape index (κ1) is 30.6. The molecule has 1 aliphatic rings. The van der Waals surface area contributed by atoms with E-state index in [2.05, 4.69) is 60.9 Å². The maximum Gasteiger partial charge on any atom is 0.338 e. The number of hydrogen-bond acceptors (Lipinski definition) is 6. The lowest BCUT2D eigenvalue weighted by Gasteiger charge is -2.25. The molecule has 228 valence electrons. The molecule has 1 aliphatic heterocycles. The second-order valence-electron chi connectivity index (χ2n) is 11.4. The minimum absolute atomic E-state index is 0.183. The highest BCUT2D eigenvalue weighted by molar-refractivity contribution is 7.98. The number of thioether (sulfide) groups is 1. The van der Waals surface area contributed by atoms with Gasteiger partial charge in [-0.25, -0.2) is 9.79 Å². The van der Waals surface area contributed by atoms with Crippen molar-refractivity contribution in [2.75, 3.05) is 6.26 Å². The van der Waals surface area contributed by atoms with Crippen molar-refractivity contribution < 1.29 is 9.53 Å². The normalized spacial score (nSPS) is 14.9. The fourth-order valence-electron chi connectivity index (χ4n) is 5.87. The number of rotatable bonds is 7. The second-order valence-corrected chi connectivity index (χ2v) is 13.3. The molecular formula is C37H35N3O3S2. The highest BCUT2D eigenvalue weighted by atomic mass is 32.2. The summed E-state index contributed by atoms with van der Waals surface area (Å²) in [5.74, 6) is -0.457. The third-order valence-electron chi connectivity index (χ3n) is 8.01. The smallest absolute Gasteiger partial charge is 0.338 e. The van der Waals surface area contributed by atoms with Crippen LogP contribution in [-0.4, -0.2) is 27.5 Å². The predicted molar refractivity (Wildman–Crippen MR) is 184 cm³/mol. The molecule has 6 rings (SSSR count). The minimum Gasteiger partial charge on any atom is -0.459 e. The largest absolute Gasteiger partial charge is 0.459 e. The fourth-order valence-corrected chi connectivity index (χ4v) is 7.31. The molecule has 3 aromatic carbocycles. The maximum absolute atomic E-state index is 14.2. The van der Waals surface area contributed by atoms with E-state index in [1.807, 2.05) is 75.6 Å². The highest BCUT2D eigenvalue weighted by Gasteiger charge is 2.33. The highest BCUT2D eigenvalue weighted by Crippen LogP contribution is 2.32. The number of carbonyl (C=O) groups excluding carboxylic acids is 1. The Morgan fingerprint density at radius 2 is 1.62 bits per heavy atom. The number of benzene rings is 3. The first-order valence-electron chi connectivity index (χ1n) is 14.9. The van der Waals surface area contributed by atoms with E-state index in [1.54, 1.807) is 16.3 Å². The number of thiazole rings is 1. The third kappa shape index (κ3) is 5.88. The lowest BCUT2D eigenvalue weighted by atomic mass is 9.96. The van der Waals surface area contributed by atoms with Gasteiger partial charge in [-0.05, 0) is 99.5 Å². The van der Waals surface area contributed by atoms with E-state index in [4.69, 9.17) is 9.73 Å². The first-order valence-corrected chi connectivity index (χ1v) is 16.9. The average molecular weight is 634 g/mol. The molecule has 1 atom stereocenters. The van der Waals surface area contributed by atoms with Crippen LogP contribution in [0.15, 0.2) is 111 Å². The van der Waals surface area contributed by atoms with Gasteiger partial charge in [-0.15, -0.1) is 11.8 Å². The van der Waals surface area contributed by atoms with Crippen LogP contribution >= 0.6 is 23.1 Å². The van der Waals surface area contributed by atoms with E-state index in [-0.39, 0.29) is 11.7 Å². The van der Waals surface area contributed by atoms with Crippen molar-refractivity contribution in [2.45, 2.75) is 51.7 Å². The van der Waals surface area contributed by atoms with Crippen LogP contribution in [0.4, 0.5) is 0 Å². The molecule has 0 saturated carbocycles. The van der Waals surface area contributed by atoms with Crippen LogP contribution in [0.3, 0.4) is 0 Å². The monoisotopic (exact) mass is 633 g/mol. The topological polar surface area (TPSA) is 65.6 Å². The molecule has 0 amide bonds. The van der Waals surface area contributed by atoms with Crippen LogP contribution in [0, 0.1) is 13.8 Å². The Labute approximate surface area is 271 Å². The standard InChI is InChI=1S/C37H35N3O3S2/c1-22(2)43-36(42)33-24(4)38-37-40(34(33)28-14-18-31(44-6)19-15-28)35(41)32(45-37)21-29-20-23(3)39(25(29)5)30-16-12-27(13-17-30)26-10-8-7-9-11-26/h7-22,34H,1-6H3/b32-21-/t34-/m1/s1. The van der Waals surface area contributed by atoms with Crippen LogP contribution in [-0.2, 0) is 9.53 Å². The average Bonchev–Trinajstić information content (AvgIpc) is 3.49. The zero-order chi connectivity index (χ0) is 31.8. The van der Waals surface area contributed by atoms with Gasteiger partial charge in [-0.2, -0.15) is 0 Å². The SMILES string of the molecule is CSc1ccc([C@@H]2C(C(=O)OC(C)C)=C(C)N=c3s/c(=C\c4cc(C)n(-c5ccc(-c6ccccc6)cc5)c4C)c(=O)n32)cc1. The molecule has 6 nitrogen and oxygen atoms in total. The van der Waals surface area contributed by atoms with Gasteiger partial charge in [-0.1, -0.05) is 65.9 Å². The van der Waals surface area contributed by atoms with Gasteiger partial charge in [0.2, 0.25) is 0 Å². The summed E-state index contributed by atoms with van der Waals surface area (Å²) < 4.78 is 10.1. The number of hydrogen-bond donors (Lipinski definition) is 0. The summed E-state index contributed by atoms with van der Waals surface area (Å²) in [4.78, 5) is 34.0. The predicted octanol–water partition coefficient (Wildman–Crippen LogP) is 6.98. The summed E-state index contributed by atoms with van der Waals surface area (Å²) in [5.41, 5.74) is 8.06. The summed E-state index contributed by atoms with van der Waals surface area (Å²) in [6.45, 7) is 9.60. The van der Waals surface area contributed by atoms with Gasteiger partial charge in [0.15, 0.2) is 4.80 Å². The van der Waals surface area contributed by atoms with Crippen molar-refractivity contribution >= 4 is 35.1 Å². The van der Waals surface area contributed by atoms with Gasteiger partial charge in [0.25, 0.3) is 5.56 Å². The number of aryl methyl sites for hydroxylation is 1. The van der Waals surface area contributed by atoms with E-state index in [0.717, 1.165) is 38.7 Å². The Hall–Kier alpha value is -4.40.